The lowest BCUT2D eigenvalue weighted by Gasteiger charge is -2.25. The zero-order valence-corrected chi connectivity index (χ0v) is 21.4. The number of aromatic nitrogens is 2. The van der Waals surface area contributed by atoms with Crippen molar-refractivity contribution in [1.29, 1.82) is 0 Å². The predicted octanol–water partition coefficient (Wildman–Crippen LogP) is 5.70. The Morgan fingerprint density at radius 2 is 1.89 bits per heavy atom. The van der Waals surface area contributed by atoms with Gasteiger partial charge >= 0.3 is 5.97 Å². The second-order valence-electron chi connectivity index (χ2n) is 9.06. The largest absolute Gasteiger partial charge is 0.473 e. The van der Waals surface area contributed by atoms with E-state index in [0.717, 1.165) is 11.3 Å². The van der Waals surface area contributed by atoms with Gasteiger partial charge in [-0.25, -0.2) is 19.2 Å². The molecule has 0 atom stereocenters. The molecule has 37 heavy (non-hydrogen) atoms. The molecule has 0 fully saturated rings. The summed E-state index contributed by atoms with van der Waals surface area (Å²) in [5.74, 6) is 0.610. The first-order chi connectivity index (χ1) is 17.7. The Kier molecular flexibility index (Phi) is 8.03. The van der Waals surface area contributed by atoms with Crippen molar-refractivity contribution in [2.75, 3.05) is 6.61 Å². The first kappa shape index (κ1) is 26.1. The van der Waals surface area contributed by atoms with Crippen molar-refractivity contribution in [3.63, 3.8) is 0 Å². The van der Waals surface area contributed by atoms with E-state index < -0.39 is 17.4 Å². The minimum atomic E-state index is -1.32. The molecule has 0 amide bonds. The van der Waals surface area contributed by atoms with E-state index in [1.165, 1.54) is 18.4 Å². The maximum atomic E-state index is 15.0. The number of ether oxygens (including phenoxy) is 2. The van der Waals surface area contributed by atoms with Gasteiger partial charge in [0.1, 0.15) is 12.0 Å². The number of nitrogens with zero attached hydrogens (tertiary/aromatic N) is 3. The molecule has 2 aromatic heterocycles. The average molecular weight is 508 g/mol. The number of halogens is 1. The summed E-state index contributed by atoms with van der Waals surface area (Å²) in [5, 5.41) is 0. The Labute approximate surface area is 215 Å². The van der Waals surface area contributed by atoms with Crippen molar-refractivity contribution < 1.29 is 27.5 Å². The Morgan fingerprint density at radius 1 is 1.11 bits per heavy atom. The monoisotopic (exact) mass is 507 g/mol. The topological polar surface area (TPSA) is 90.8 Å². The number of oxazole rings is 2. The summed E-state index contributed by atoms with van der Waals surface area (Å²) in [6.45, 7) is 8.07. The fraction of sp³-hybridized carbons (Fsp3) is 0.321. The second-order valence-corrected chi connectivity index (χ2v) is 9.06. The van der Waals surface area contributed by atoms with Crippen LogP contribution in [0.1, 0.15) is 43.7 Å². The van der Waals surface area contributed by atoms with Gasteiger partial charge in [-0.2, -0.15) is 0 Å². The molecule has 0 saturated carbocycles. The Bertz CT molecular complexity index is 1320. The van der Waals surface area contributed by atoms with E-state index in [-0.39, 0.29) is 12.4 Å². The molecule has 8 nitrogen and oxygen atoms in total. The summed E-state index contributed by atoms with van der Waals surface area (Å²) in [5.41, 5.74) is 1.03. The molecule has 9 heteroatoms. The Balaban J connectivity index is 1.52. The molecular weight excluding hydrogens is 477 g/mol. The summed E-state index contributed by atoms with van der Waals surface area (Å²) in [6.07, 6.45) is 3.10. The van der Waals surface area contributed by atoms with E-state index in [2.05, 4.69) is 4.98 Å². The van der Waals surface area contributed by atoms with E-state index >= 15 is 0 Å². The first-order valence-corrected chi connectivity index (χ1v) is 12.0. The third-order valence-electron chi connectivity index (χ3n) is 5.66. The maximum absolute atomic E-state index is 15.0. The highest BCUT2D eigenvalue weighted by Crippen LogP contribution is 2.26. The Hall–Kier alpha value is -3.98. The van der Waals surface area contributed by atoms with Crippen LogP contribution in [0.2, 0.25) is 0 Å². The van der Waals surface area contributed by atoms with Gasteiger partial charge in [0.25, 0.3) is 0 Å². The lowest BCUT2D eigenvalue weighted by molar-refractivity contribution is -0.158. The van der Waals surface area contributed by atoms with Crippen molar-refractivity contribution in [3.05, 3.63) is 89.7 Å². The summed E-state index contributed by atoms with van der Waals surface area (Å²) >= 11 is 0. The highest BCUT2D eigenvalue weighted by molar-refractivity contribution is 5.79. The molecule has 0 unspecified atom stereocenters. The highest BCUT2D eigenvalue weighted by atomic mass is 19.1. The maximum Gasteiger partial charge on any atom is 0.349 e. The number of hydrogen-bond acceptors (Lipinski definition) is 8. The average Bonchev–Trinajstić information content (AvgIpc) is 3.51. The van der Waals surface area contributed by atoms with Gasteiger partial charge in [0.05, 0.1) is 25.0 Å². The third kappa shape index (κ3) is 6.62. The molecule has 0 aliphatic rings. The molecular formula is C28H30FN3O5. The van der Waals surface area contributed by atoms with Crippen molar-refractivity contribution in [3.8, 4) is 17.2 Å². The van der Waals surface area contributed by atoms with Crippen LogP contribution in [0.5, 0.6) is 5.75 Å². The number of esters is 1. The smallest absolute Gasteiger partial charge is 0.349 e. The zero-order chi connectivity index (χ0) is 26.4. The summed E-state index contributed by atoms with van der Waals surface area (Å²) in [4.78, 5) is 23.1. The van der Waals surface area contributed by atoms with Crippen LogP contribution < -0.4 is 4.74 Å². The number of carbonyl (C=O) groups excluding carboxylic acids is 1. The quantitative estimate of drug-likeness (QED) is 0.239. The molecule has 2 aromatic carbocycles. The van der Waals surface area contributed by atoms with Crippen molar-refractivity contribution in [1.82, 2.24) is 14.9 Å². The predicted molar refractivity (Wildman–Crippen MR) is 134 cm³/mol. The lowest BCUT2D eigenvalue weighted by atomic mass is 10.1. The van der Waals surface area contributed by atoms with Crippen molar-refractivity contribution in [2.45, 2.75) is 52.9 Å². The highest BCUT2D eigenvalue weighted by Gasteiger charge is 2.32. The molecule has 0 spiro atoms. The van der Waals surface area contributed by atoms with E-state index in [1.54, 1.807) is 33.0 Å². The zero-order valence-electron chi connectivity index (χ0n) is 21.4. The normalized spacial score (nSPS) is 11.6. The SMILES string of the molecule is CCOC(=O)C(C)(C)Oc1ccc(CN(Cc2ncco2)Cc2nc(-c3ccccc3)oc2C)cc1F. The number of carbonyl (C=O) groups is 1. The molecule has 0 bridgehead atoms. The molecule has 0 saturated heterocycles. The third-order valence-corrected chi connectivity index (χ3v) is 5.66. The van der Waals surface area contributed by atoms with Crippen LogP contribution in [0, 0.1) is 12.7 Å². The number of rotatable bonds is 11. The molecule has 194 valence electrons. The van der Waals surface area contributed by atoms with Gasteiger partial charge < -0.3 is 18.3 Å². The minimum Gasteiger partial charge on any atom is -0.473 e. The Morgan fingerprint density at radius 3 is 2.57 bits per heavy atom. The number of aryl methyl sites for hydroxylation is 1. The molecule has 0 aliphatic carbocycles. The van der Waals surface area contributed by atoms with Crippen LogP contribution in [0.25, 0.3) is 11.5 Å². The lowest BCUT2D eigenvalue weighted by Crippen LogP contribution is -2.40. The van der Waals surface area contributed by atoms with Crippen LogP contribution in [0.4, 0.5) is 4.39 Å². The fourth-order valence-corrected chi connectivity index (χ4v) is 3.79. The van der Waals surface area contributed by atoms with Gasteiger partial charge in [-0.15, -0.1) is 0 Å². The van der Waals surface area contributed by atoms with E-state index in [1.807, 2.05) is 42.2 Å². The van der Waals surface area contributed by atoms with Gasteiger partial charge in [-0.05, 0) is 57.5 Å². The molecule has 0 radical (unpaired) electrons. The van der Waals surface area contributed by atoms with Gasteiger partial charge in [0.15, 0.2) is 17.2 Å². The van der Waals surface area contributed by atoms with Gasteiger partial charge in [0.2, 0.25) is 11.8 Å². The molecule has 2 heterocycles. The van der Waals surface area contributed by atoms with Gasteiger partial charge in [-0.3, -0.25) is 4.90 Å². The standard InChI is InChI=1S/C28H30FN3O5/c1-5-34-27(33)28(3,4)37-24-12-11-20(15-22(24)29)16-32(18-25-30-13-14-35-25)17-23-19(2)36-26(31-23)21-9-7-6-8-10-21/h6-15H,5,16-18H2,1-4H3. The first-order valence-electron chi connectivity index (χ1n) is 12.0. The van der Waals surface area contributed by atoms with E-state index in [9.17, 15) is 9.18 Å². The van der Waals surface area contributed by atoms with Crippen LogP contribution >= 0.6 is 0 Å². The molecule has 4 aromatic rings. The van der Waals surface area contributed by atoms with E-state index in [4.69, 9.17) is 23.3 Å². The van der Waals surface area contributed by atoms with Crippen LogP contribution in [-0.4, -0.2) is 33.0 Å². The second kappa shape index (κ2) is 11.4. The summed E-state index contributed by atoms with van der Waals surface area (Å²) in [6, 6.07) is 14.3. The molecule has 4 rings (SSSR count). The number of benzene rings is 2. The van der Waals surface area contributed by atoms with Gasteiger partial charge in [-0.1, -0.05) is 24.3 Å². The van der Waals surface area contributed by atoms with Crippen molar-refractivity contribution >= 4 is 5.97 Å². The molecule has 0 aliphatic heterocycles. The van der Waals surface area contributed by atoms with E-state index in [0.29, 0.717) is 42.7 Å². The summed E-state index contributed by atoms with van der Waals surface area (Å²) < 4.78 is 37.0. The van der Waals surface area contributed by atoms with Crippen molar-refractivity contribution in [2.24, 2.45) is 0 Å². The summed E-state index contributed by atoms with van der Waals surface area (Å²) in [7, 11) is 0. The van der Waals surface area contributed by atoms with Crippen LogP contribution in [0.3, 0.4) is 0 Å². The molecule has 0 N–H and O–H groups in total. The fourth-order valence-electron chi connectivity index (χ4n) is 3.79. The van der Waals surface area contributed by atoms with Gasteiger partial charge in [0, 0.05) is 18.7 Å². The van der Waals surface area contributed by atoms with Crippen LogP contribution in [-0.2, 0) is 29.2 Å². The number of hydrogen-bond donors (Lipinski definition) is 0. The minimum absolute atomic E-state index is 0.0269. The van der Waals surface area contributed by atoms with Crippen LogP contribution in [0.15, 0.2) is 69.8 Å².